The van der Waals surface area contributed by atoms with Gasteiger partial charge in [0, 0.05) is 18.7 Å². The van der Waals surface area contributed by atoms with E-state index in [1.807, 2.05) is 6.92 Å². The number of piperidine rings is 1. The van der Waals surface area contributed by atoms with E-state index in [0.29, 0.717) is 18.2 Å². The van der Waals surface area contributed by atoms with Crippen LogP contribution in [0, 0.1) is 5.92 Å². The first-order valence-electron chi connectivity index (χ1n) is 6.22. The maximum Gasteiger partial charge on any atom is 0.247 e. The summed E-state index contributed by atoms with van der Waals surface area (Å²) in [7, 11) is -3.53. The molecule has 2 heterocycles. The first-order valence-corrected chi connectivity index (χ1v) is 8.99. The Bertz CT molecular complexity index is 557. The van der Waals surface area contributed by atoms with Crippen LogP contribution >= 0.6 is 27.5 Å². The van der Waals surface area contributed by atoms with Crippen LogP contribution in [0.3, 0.4) is 0 Å². The molecule has 1 fully saturated rings. The molecule has 0 radical (unpaired) electrons. The maximum absolute atomic E-state index is 12.7. The van der Waals surface area contributed by atoms with Crippen molar-refractivity contribution in [2.24, 2.45) is 5.92 Å². The van der Waals surface area contributed by atoms with Gasteiger partial charge < -0.3 is 4.42 Å². The van der Waals surface area contributed by atoms with Gasteiger partial charge in [-0.3, -0.25) is 0 Å². The normalized spacial score (nSPS) is 25.7. The largest absolute Gasteiger partial charge is 0.452 e. The Labute approximate surface area is 127 Å². The van der Waals surface area contributed by atoms with Crippen molar-refractivity contribution in [2.75, 3.05) is 6.54 Å². The molecule has 4 nitrogen and oxygen atoms in total. The zero-order valence-electron chi connectivity index (χ0n) is 10.9. The predicted octanol–water partition coefficient (Wildman–Crippen LogP) is 3.59. The fourth-order valence-electron chi connectivity index (χ4n) is 2.35. The van der Waals surface area contributed by atoms with E-state index in [0.717, 1.165) is 12.8 Å². The van der Waals surface area contributed by atoms with Gasteiger partial charge in [0.15, 0.2) is 4.67 Å². The Morgan fingerprint density at radius 3 is 2.74 bits per heavy atom. The molecule has 1 aliphatic heterocycles. The van der Waals surface area contributed by atoms with Gasteiger partial charge in [-0.2, -0.15) is 4.31 Å². The molecule has 0 spiro atoms. The lowest BCUT2D eigenvalue weighted by molar-refractivity contribution is 0.217. The van der Waals surface area contributed by atoms with Crippen LogP contribution in [-0.2, 0) is 15.9 Å². The molecule has 0 N–H and O–H groups in total. The highest BCUT2D eigenvalue weighted by Crippen LogP contribution is 2.33. The molecule has 7 heteroatoms. The van der Waals surface area contributed by atoms with Crippen molar-refractivity contribution in [3.63, 3.8) is 0 Å². The topological polar surface area (TPSA) is 50.5 Å². The number of alkyl halides is 1. The third kappa shape index (κ3) is 3.01. The zero-order chi connectivity index (χ0) is 14.2. The molecule has 0 amide bonds. The number of halogens is 2. The molecule has 1 saturated heterocycles. The van der Waals surface area contributed by atoms with Crippen molar-refractivity contribution in [2.45, 2.75) is 43.5 Å². The summed E-state index contributed by atoms with van der Waals surface area (Å²) in [5.41, 5.74) is 0. The summed E-state index contributed by atoms with van der Waals surface area (Å²) in [5.74, 6) is 0.981. The number of nitrogens with zero attached hydrogens (tertiary/aromatic N) is 1. The number of furan rings is 1. The van der Waals surface area contributed by atoms with E-state index >= 15 is 0 Å². The minimum absolute atomic E-state index is 0.0162. The van der Waals surface area contributed by atoms with Gasteiger partial charge in [-0.25, -0.2) is 8.42 Å². The Kier molecular flexibility index (Phi) is 4.65. The van der Waals surface area contributed by atoms with Crippen LogP contribution in [0.4, 0.5) is 0 Å². The molecule has 2 rings (SSSR count). The minimum Gasteiger partial charge on any atom is -0.452 e. The second-order valence-electron chi connectivity index (χ2n) is 5.09. The average Bonchev–Trinajstić information content (AvgIpc) is 2.74. The van der Waals surface area contributed by atoms with Gasteiger partial charge >= 0.3 is 0 Å². The second kappa shape index (κ2) is 5.76. The molecular formula is C12H17BrClNO3S. The summed E-state index contributed by atoms with van der Waals surface area (Å²) in [6.07, 6.45) is 1.95. The smallest absolute Gasteiger partial charge is 0.247 e. The van der Waals surface area contributed by atoms with Gasteiger partial charge in [0.25, 0.3) is 0 Å². The van der Waals surface area contributed by atoms with E-state index < -0.39 is 10.0 Å². The number of sulfonamides is 1. The molecule has 1 aliphatic rings. The quantitative estimate of drug-likeness (QED) is 0.764. The summed E-state index contributed by atoms with van der Waals surface area (Å²) < 4.78 is 32.4. The van der Waals surface area contributed by atoms with E-state index in [-0.39, 0.29) is 21.5 Å². The van der Waals surface area contributed by atoms with Crippen molar-refractivity contribution in [3.8, 4) is 0 Å². The Balaban J connectivity index is 2.37. The van der Waals surface area contributed by atoms with Crippen LogP contribution in [0.2, 0.25) is 0 Å². The first-order chi connectivity index (χ1) is 8.86. The molecule has 0 saturated carbocycles. The van der Waals surface area contributed by atoms with Crippen molar-refractivity contribution >= 4 is 37.6 Å². The summed E-state index contributed by atoms with van der Waals surface area (Å²) in [4.78, 5) is 0.170. The van der Waals surface area contributed by atoms with Crippen LogP contribution in [0.1, 0.15) is 32.4 Å². The Hall–Kier alpha value is -0.0400. The van der Waals surface area contributed by atoms with Gasteiger partial charge in [-0.15, -0.1) is 11.6 Å². The SMILES string of the molecule is CC1CCC(C)N(S(=O)(=O)c2cc(CCl)oc2Br)C1. The van der Waals surface area contributed by atoms with Crippen LogP contribution in [0.15, 0.2) is 20.0 Å². The third-order valence-electron chi connectivity index (χ3n) is 3.49. The highest BCUT2D eigenvalue weighted by molar-refractivity contribution is 9.10. The molecular weight excluding hydrogens is 354 g/mol. The predicted molar refractivity (Wildman–Crippen MR) is 77.7 cm³/mol. The number of hydrogen-bond acceptors (Lipinski definition) is 3. The van der Waals surface area contributed by atoms with Crippen molar-refractivity contribution in [3.05, 3.63) is 16.5 Å². The molecule has 108 valence electrons. The van der Waals surface area contributed by atoms with Gasteiger partial charge in [0.1, 0.15) is 10.7 Å². The van der Waals surface area contributed by atoms with Gasteiger partial charge in [0.2, 0.25) is 10.0 Å². The van der Waals surface area contributed by atoms with Crippen LogP contribution in [0.5, 0.6) is 0 Å². The van der Waals surface area contributed by atoms with Gasteiger partial charge in [0.05, 0.1) is 5.88 Å². The fourth-order valence-corrected chi connectivity index (χ4v) is 5.22. The van der Waals surface area contributed by atoms with Crippen molar-refractivity contribution < 1.29 is 12.8 Å². The summed E-state index contributed by atoms with van der Waals surface area (Å²) in [6, 6.07) is 1.51. The average molecular weight is 371 g/mol. The van der Waals surface area contributed by atoms with E-state index in [4.69, 9.17) is 16.0 Å². The van der Waals surface area contributed by atoms with Crippen LogP contribution in [0.25, 0.3) is 0 Å². The molecule has 0 bridgehead atoms. The van der Waals surface area contributed by atoms with Crippen LogP contribution < -0.4 is 0 Å². The fraction of sp³-hybridized carbons (Fsp3) is 0.667. The van der Waals surface area contributed by atoms with E-state index in [1.165, 1.54) is 6.07 Å². The lowest BCUT2D eigenvalue weighted by Gasteiger charge is -2.35. The lowest BCUT2D eigenvalue weighted by Crippen LogP contribution is -2.44. The molecule has 2 unspecified atom stereocenters. The summed E-state index contributed by atoms with van der Waals surface area (Å²) in [5, 5.41) is 0. The molecule has 19 heavy (non-hydrogen) atoms. The number of hydrogen-bond donors (Lipinski definition) is 0. The van der Waals surface area contributed by atoms with E-state index in [1.54, 1.807) is 4.31 Å². The molecule has 2 atom stereocenters. The van der Waals surface area contributed by atoms with Gasteiger partial charge in [-0.1, -0.05) is 6.92 Å². The molecule has 1 aromatic rings. The Morgan fingerprint density at radius 2 is 2.16 bits per heavy atom. The summed E-state index contributed by atoms with van der Waals surface area (Å²) in [6.45, 7) is 4.57. The van der Waals surface area contributed by atoms with Crippen molar-refractivity contribution in [1.29, 1.82) is 0 Å². The zero-order valence-corrected chi connectivity index (χ0v) is 14.1. The van der Waals surface area contributed by atoms with E-state index in [9.17, 15) is 8.42 Å². The number of rotatable bonds is 3. The third-order valence-corrected chi connectivity index (χ3v) is 6.59. The van der Waals surface area contributed by atoms with Crippen LogP contribution in [-0.4, -0.2) is 25.3 Å². The second-order valence-corrected chi connectivity index (χ2v) is 7.94. The highest BCUT2D eigenvalue weighted by Gasteiger charge is 2.36. The molecule has 0 aliphatic carbocycles. The first kappa shape index (κ1) is 15.4. The van der Waals surface area contributed by atoms with E-state index in [2.05, 4.69) is 22.9 Å². The molecule has 1 aromatic heterocycles. The summed E-state index contributed by atoms with van der Waals surface area (Å²) >= 11 is 8.84. The maximum atomic E-state index is 12.7. The minimum atomic E-state index is -3.53. The van der Waals surface area contributed by atoms with Crippen molar-refractivity contribution in [1.82, 2.24) is 4.31 Å². The Morgan fingerprint density at radius 1 is 1.47 bits per heavy atom. The standard InChI is InChI=1S/C12H17BrClNO3S/c1-8-3-4-9(2)15(7-8)19(16,17)11-5-10(6-14)18-12(11)13/h5,8-9H,3-4,6-7H2,1-2H3. The highest BCUT2D eigenvalue weighted by atomic mass is 79.9. The monoisotopic (exact) mass is 369 g/mol. The lowest BCUT2D eigenvalue weighted by atomic mass is 9.97. The molecule has 0 aromatic carbocycles. The van der Waals surface area contributed by atoms with Gasteiger partial charge in [-0.05, 0) is 41.6 Å².